The Morgan fingerprint density at radius 2 is 1.14 bits per heavy atom. The molecule has 0 spiro atoms. The number of urea groups is 1. The molecule has 1 heterocycles. The van der Waals surface area contributed by atoms with Gasteiger partial charge < -0.3 is 117 Å². The second-order valence-electron chi connectivity index (χ2n) is 29.5. The average Bonchev–Trinajstić information content (AvgIpc) is 0.806. The zero-order valence-electron chi connectivity index (χ0n) is 70.7. The van der Waals surface area contributed by atoms with E-state index < -0.39 is 93.8 Å². The molecule has 2 unspecified atom stereocenters. The number of unbranched alkanes of at least 4 members (excludes halogenated alkanes) is 2. The molecule has 0 fully saturated rings. The number of fused-ring (bicyclic) bond motifs is 2. The summed E-state index contributed by atoms with van der Waals surface area (Å²) in [5.74, 6) is 0.670. The number of benzene rings is 3. The molecular weight excluding hydrogens is 1610 g/mol. The number of hydrogen-bond donors (Lipinski definition) is 12. The molecule has 678 valence electrons. The number of primary amides is 3. The van der Waals surface area contributed by atoms with Crippen LogP contribution >= 0.6 is 0 Å². The van der Waals surface area contributed by atoms with Gasteiger partial charge in [-0.05, 0) is 105 Å². The quantitative estimate of drug-likeness (QED) is 0.0219. The number of anilines is 2. The van der Waals surface area contributed by atoms with Gasteiger partial charge in [0.05, 0.1) is 130 Å². The third-order valence-electron chi connectivity index (χ3n) is 19.2. The fourth-order valence-electron chi connectivity index (χ4n) is 12.8. The van der Waals surface area contributed by atoms with Crippen molar-refractivity contribution in [3.05, 3.63) is 106 Å². The molecule has 12 amide bonds. The summed E-state index contributed by atoms with van der Waals surface area (Å²) in [5.41, 5.74) is 29.3. The van der Waals surface area contributed by atoms with Crippen molar-refractivity contribution in [2.45, 2.75) is 161 Å². The molecule has 3 aromatic carbocycles. The van der Waals surface area contributed by atoms with E-state index >= 15 is 0 Å². The predicted molar refractivity (Wildman–Crippen MR) is 450 cm³/mol. The Morgan fingerprint density at radius 1 is 0.574 bits per heavy atom. The maximum absolute atomic E-state index is 13.6. The van der Waals surface area contributed by atoms with Gasteiger partial charge in [-0.2, -0.15) is 8.42 Å². The van der Waals surface area contributed by atoms with Gasteiger partial charge in [0.2, 0.25) is 53.2 Å². The van der Waals surface area contributed by atoms with E-state index in [0.29, 0.717) is 79.8 Å². The van der Waals surface area contributed by atoms with Crippen LogP contribution in [0.15, 0.2) is 84.2 Å². The summed E-state index contributed by atoms with van der Waals surface area (Å²) < 4.78 is 86.5. The monoisotopic (exact) mass is 1730 g/mol. The van der Waals surface area contributed by atoms with Gasteiger partial charge >= 0.3 is 12.1 Å². The lowest BCUT2D eigenvalue weighted by Gasteiger charge is -2.35. The summed E-state index contributed by atoms with van der Waals surface area (Å²) in [7, 11) is -2.89. The van der Waals surface area contributed by atoms with Crippen LogP contribution in [0, 0.1) is 23.7 Å². The Hall–Kier alpha value is -10.1. The van der Waals surface area contributed by atoms with Crippen molar-refractivity contribution in [2.75, 3.05) is 162 Å². The number of likely N-dealkylation sites (N-methyl/N-ethyl adjacent to an activating group) is 1. The number of rotatable bonds is 61. The van der Waals surface area contributed by atoms with Crippen LogP contribution in [0.4, 0.5) is 21.0 Å². The van der Waals surface area contributed by atoms with Gasteiger partial charge in [0.1, 0.15) is 37.2 Å². The van der Waals surface area contributed by atoms with Gasteiger partial charge in [-0.15, -0.1) is 0 Å². The molecule has 2 aliphatic rings. The Bertz CT molecular complexity index is 4000. The topological polar surface area (TPSA) is 532 Å². The molecule has 39 heteroatoms. The SMILES string of the molecule is CC(C)[C@H](NC(=O)[C@@H](CCCCNC(=O)COC1CCCC(N(CCCCC(=O)Nc2ccc(COC(=O)N(C)[C@H](C(N)=O)C(C)C)cc2)C(N)=O)C/C(NCCOCCOCCOCCOCCC(=O)NCS(=O)(=O)O)=C\1N)NC(=O)CCOCCOCCOCCOCCNC(=O)CCC(=O)N1Cc2ccccc2C#Cc2ccccc21)C(N)=O. The molecule has 0 radical (unpaired) electrons. The number of carbonyl (C=O) groups is 11. The molecule has 5 atom stereocenters. The van der Waals surface area contributed by atoms with Crippen LogP contribution in [-0.2, 0) is 114 Å². The molecule has 38 nitrogen and oxygen atoms in total. The molecule has 1 aliphatic heterocycles. The highest BCUT2D eigenvalue weighted by molar-refractivity contribution is 7.85. The van der Waals surface area contributed by atoms with Gasteiger partial charge in [0, 0.05) is 100 Å². The number of nitrogens with zero attached hydrogens (tertiary/aromatic N) is 3. The molecular formula is C83H126N14O24S. The minimum absolute atomic E-state index is 0.0153. The van der Waals surface area contributed by atoms with E-state index in [0.717, 1.165) is 21.6 Å². The van der Waals surface area contributed by atoms with Crippen LogP contribution in [0.2, 0.25) is 0 Å². The first kappa shape index (κ1) is 102. The Balaban J connectivity index is 1.01. The fourth-order valence-corrected chi connectivity index (χ4v) is 13.2. The number of para-hydroxylation sites is 1. The summed E-state index contributed by atoms with van der Waals surface area (Å²) in [6.07, 6.45) is 1.83. The summed E-state index contributed by atoms with van der Waals surface area (Å²) in [5, 5.41) is 19.3. The lowest BCUT2D eigenvalue weighted by atomic mass is 9.94. The first-order valence-corrected chi connectivity index (χ1v) is 42.9. The van der Waals surface area contributed by atoms with Crippen molar-refractivity contribution in [3.63, 3.8) is 0 Å². The van der Waals surface area contributed by atoms with Gasteiger partial charge in [-0.25, -0.2) is 9.59 Å². The van der Waals surface area contributed by atoms with Gasteiger partial charge in [0.25, 0.3) is 10.1 Å². The number of nitrogens with one attached hydrogen (secondary N) is 7. The van der Waals surface area contributed by atoms with Crippen LogP contribution in [0.1, 0.15) is 140 Å². The molecule has 5 rings (SSSR count). The minimum atomic E-state index is -4.33. The smallest absolute Gasteiger partial charge is 0.410 e. The average molecular weight is 1740 g/mol. The summed E-state index contributed by atoms with van der Waals surface area (Å²) in [6, 6.07) is 17.9. The number of carbonyl (C=O) groups excluding carboxylic acids is 11. The van der Waals surface area contributed by atoms with E-state index in [1.54, 1.807) is 61.8 Å². The number of nitrogens with two attached hydrogens (primary N) is 4. The van der Waals surface area contributed by atoms with E-state index in [-0.39, 0.29) is 220 Å². The molecule has 0 saturated carbocycles. The Kier molecular flexibility index (Phi) is 48.7. The highest BCUT2D eigenvalue weighted by atomic mass is 32.2. The van der Waals surface area contributed by atoms with Crippen molar-refractivity contribution < 1.29 is 113 Å². The first-order valence-electron chi connectivity index (χ1n) is 41.2. The van der Waals surface area contributed by atoms with E-state index in [1.165, 1.54) is 7.05 Å². The minimum Gasteiger partial charge on any atom is -0.445 e. The Labute approximate surface area is 714 Å². The highest BCUT2D eigenvalue weighted by Gasteiger charge is 2.33. The standard InChI is InChI=1S/C83H126N14O24S/c1-58(2)77(79(85)104)94-81(106)66(93-73(101)32-38-113-42-46-117-50-52-119-48-44-115-40-35-90-70(98)29-30-75(103)97-54-63-17-7-6-15-61(63)25-26-62-16-8-9-20-68(62)97)19-10-12-33-89-74(102)56-120-69-21-14-18-65(53-67(76(69)84)88-34-39-114-43-47-118-51-49-116-45-41-112-37-31-71(99)91-57-122(109,110)111)96(82(87)107)36-13-11-22-72(100)92-64-27-23-60(24-28-64)55-121-83(108)95(5)78(59(3)4)80(86)105/h6-9,15-17,20,23-24,27-28,58-59,65-66,69,77-78,88H,10-14,18-19,21-22,29-57,84H2,1-5H3,(H2,85,104)(H2,86,105)(H2,87,107)(H,89,102)(H,90,98)(H,91,99)(H,92,100)(H,93,101)(H,94,106)(H,109,110,111)/b76-67-/t65?,66-,69?,77+,78+/m1/s1. The molecule has 0 saturated heterocycles. The van der Waals surface area contributed by atoms with Crippen molar-refractivity contribution in [1.29, 1.82) is 0 Å². The summed E-state index contributed by atoms with van der Waals surface area (Å²) in [6.45, 7) is 11.1. The van der Waals surface area contributed by atoms with E-state index in [4.69, 9.17) is 74.9 Å². The first-order chi connectivity index (χ1) is 58.5. The number of ether oxygens (including phenoxy) is 10. The zero-order chi connectivity index (χ0) is 89.0. The van der Waals surface area contributed by atoms with Crippen molar-refractivity contribution in [3.8, 4) is 11.8 Å². The van der Waals surface area contributed by atoms with Crippen LogP contribution in [0.3, 0.4) is 0 Å². The summed E-state index contributed by atoms with van der Waals surface area (Å²) in [4.78, 5) is 146. The molecule has 0 aromatic heterocycles. The zero-order valence-corrected chi connectivity index (χ0v) is 71.6. The lowest BCUT2D eigenvalue weighted by molar-refractivity contribution is -0.132. The number of amides is 12. The normalized spacial score (nSPS) is 15.2. The maximum Gasteiger partial charge on any atom is 0.410 e. The van der Waals surface area contributed by atoms with E-state index in [9.17, 15) is 61.2 Å². The third-order valence-corrected chi connectivity index (χ3v) is 19.8. The second-order valence-corrected chi connectivity index (χ2v) is 31.0. The molecule has 1 aliphatic carbocycles. The van der Waals surface area contributed by atoms with E-state index in [1.807, 2.05) is 48.5 Å². The fraction of sp³-hybridized carbons (Fsp3) is 0.602. The van der Waals surface area contributed by atoms with Crippen molar-refractivity contribution >= 4 is 86.8 Å². The van der Waals surface area contributed by atoms with Gasteiger partial charge in [-0.1, -0.05) is 82.0 Å². The van der Waals surface area contributed by atoms with Crippen LogP contribution in [0.5, 0.6) is 0 Å². The van der Waals surface area contributed by atoms with Gasteiger partial charge in [0.15, 0.2) is 0 Å². The molecule has 16 N–H and O–H groups in total. The van der Waals surface area contributed by atoms with Crippen molar-refractivity contribution in [1.82, 2.24) is 41.7 Å². The largest absolute Gasteiger partial charge is 0.445 e. The van der Waals surface area contributed by atoms with Gasteiger partial charge in [-0.3, -0.25) is 52.6 Å². The molecule has 3 aromatic rings. The highest BCUT2D eigenvalue weighted by Crippen LogP contribution is 2.28. The van der Waals surface area contributed by atoms with E-state index in [2.05, 4.69) is 49.1 Å². The predicted octanol–water partition coefficient (Wildman–Crippen LogP) is 2.46. The lowest BCUT2D eigenvalue weighted by Crippen LogP contribution is -2.54. The molecule has 122 heavy (non-hydrogen) atoms. The third kappa shape index (κ3) is 41.6. The number of hydrogen-bond acceptors (Lipinski definition) is 25. The Morgan fingerprint density at radius 3 is 1.74 bits per heavy atom. The van der Waals surface area contributed by atoms with Crippen molar-refractivity contribution in [2.24, 2.45) is 34.8 Å². The maximum atomic E-state index is 13.6. The van der Waals surface area contributed by atoms with Crippen LogP contribution in [-0.4, -0.2) is 270 Å². The van der Waals surface area contributed by atoms with Crippen LogP contribution < -0.4 is 65.1 Å². The second kappa shape index (κ2) is 58.0. The van der Waals surface area contributed by atoms with Crippen LogP contribution in [0.25, 0.3) is 0 Å². The molecule has 0 bridgehead atoms. The summed E-state index contributed by atoms with van der Waals surface area (Å²) >= 11 is 0.